The average molecular weight is 312 g/mol. The predicted molar refractivity (Wildman–Crippen MR) is 78.7 cm³/mol. The van der Waals surface area contributed by atoms with Gasteiger partial charge in [0.05, 0.1) is 0 Å². The lowest BCUT2D eigenvalue weighted by atomic mass is 9.93. The van der Waals surface area contributed by atoms with Crippen LogP contribution in [-0.4, -0.2) is 19.3 Å². The van der Waals surface area contributed by atoms with Gasteiger partial charge in [0.1, 0.15) is 0 Å². The number of benzene rings is 1. The fraction of sp³-hybridized carbons (Fsp3) is 0.600. The Morgan fingerprint density at radius 1 is 1.39 bits per heavy atom. The molecule has 100 valence electrons. The lowest BCUT2D eigenvalue weighted by molar-refractivity contribution is 0.0558. The Balaban J connectivity index is 1.84. The molecule has 1 N–H and O–H groups in total. The molecule has 1 heterocycles. The first-order valence-corrected chi connectivity index (χ1v) is 7.52. The third-order valence-electron chi connectivity index (χ3n) is 3.82. The van der Waals surface area contributed by atoms with Crippen molar-refractivity contribution in [3.05, 3.63) is 33.8 Å². The summed E-state index contributed by atoms with van der Waals surface area (Å²) in [4.78, 5) is 0. The van der Waals surface area contributed by atoms with Crippen molar-refractivity contribution in [2.75, 3.05) is 13.2 Å². The molecular formula is C15H22BrNO. The molecule has 3 heteroatoms. The maximum Gasteiger partial charge on any atom is 0.0469 e. The molecule has 1 fully saturated rings. The van der Waals surface area contributed by atoms with Crippen LogP contribution in [0, 0.1) is 12.8 Å². The van der Waals surface area contributed by atoms with E-state index in [9.17, 15) is 0 Å². The summed E-state index contributed by atoms with van der Waals surface area (Å²) in [6.45, 7) is 7.23. The van der Waals surface area contributed by atoms with Crippen LogP contribution in [0.15, 0.2) is 22.7 Å². The van der Waals surface area contributed by atoms with Crippen molar-refractivity contribution in [1.82, 2.24) is 5.32 Å². The molecule has 0 saturated carbocycles. The fourth-order valence-electron chi connectivity index (χ4n) is 2.48. The summed E-state index contributed by atoms with van der Waals surface area (Å²) in [5, 5.41) is 3.64. The zero-order valence-electron chi connectivity index (χ0n) is 11.2. The third kappa shape index (κ3) is 3.81. The van der Waals surface area contributed by atoms with E-state index in [0.29, 0.717) is 6.04 Å². The van der Waals surface area contributed by atoms with Crippen molar-refractivity contribution < 1.29 is 4.74 Å². The summed E-state index contributed by atoms with van der Waals surface area (Å²) < 4.78 is 6.59. The van der Waals surface area contributed by atoms with E-state index in [1.165, 1.54) is 28.4 Å². The monoisotopic (exact) mass is 311 g/mol. The van der Waals surface area contributed by atoms with E-state index >= 15 is 0 Å². The van der Waals surface area contributed by atoms with Gasteiger partial charge in [-0.2, -0.15) is 0 Å². The van der Waals surface area contributed by atoms with Crippen LogP contribution in [0.2, 0.25) is 0 Å². The zero-order chi connectivity index (χ0) is 13.0. The molecule has 1 aromatic carbocycles. The van der Waals surface area contributed by atoms with Crippen LogP contribution in [0.5, 0.6) is 0 Å². The van der Waals surface area contributed by atoms with Crippen LogP contribution in [0.3, 0.4) is 0 Å². The van der Waals surface area contributed by atoms with Gasteiger partial charge in [0.15, 0.2) is 0 Å². The Hall–Kier alpha value is -0.380. The van der Waals surface area contributed by atoms with Crippen molar-refractivity contribution >= 4 is 15.9 Å². The minimum Gasteiger partial charge on any atom is -0.381 e. The molecule has 1 atom stereocenters. The standard InChI is InChI=1S/C15H22BrNO/c1-11-9-13(3-4-15(11)16)10-17-12(2)14-5-7-18-8-6-14/h3-4,9,12,14,17H,5-8,10H2,1-2H3. The van der Waals surface area contributed by atoms with Crippen LogP contribution < -0.4 is 5.32 Å². The third-order valence-corrected chi connectivity index (χ3v) is 4.71. The summed E-state index contributed by atoms with van der Waals surface area (Å²) >= 11 is 3.54. The molecule has 1 aliphatic rings. The first-order valence-electron chi connectivity index (χ1n) is 6.73. The van der Waals surface area contributed by atoms with E-state index in [0.717, 1.165) is 25.7 Å². The van der Waals surface area contributed by atoms with E-state index in [-0.39, 0.29) is 0 Å². The topological polar surface area (TPSA) is 21.3 Å². The van der Waals surface area contributed by atoms with Gasteiger partial charge in [-0.05, 0) is 49.8 Å². The molecule has 0 amide bonds. The Kier molecular flexibility index (Phi) is 5.22. The van der Waals surface area contributed by atoms with Crippen LogP contribution in [0.4, 0.5) is 0 Å². The van der Waals surface area contributed by atoms with E-state index in [1.54, 1.807) is 0 Å². The Labute approximate surface area is 118 Å². The first-order chi connectivity index (χ1) is 8.66. The summed E-state index contributed by atoms with van der Waals surface area (Å²) in [5.41, 5.74) is 2.66. The molecule has 0 bridgehead atoms. The minimum absolute atomic E-state index is 0.567. The van der Waals surface area contributed by atoms with Gasteiger partial charge in [0, 0.05) is 30.3 Å². The van der Waals surface area contributed by atoms with Gasteiger partial charge in [0.2, 0.25) is 0 Å². The molecule has 1 saturated heterocycles. The molecule has 0 spiro atoms. The smallest absolute Gasteiger partial charge is 0.0469 e. The number of aryl methyl sites for hydroxylation is 1. The Morgan fingerprint density at radius 3 is 2.78 bits per heavy atom. The van der Waals surface area contributed by atoms with Crippen LogP contribution >= 0.6 is 15.9 Å². The van der Waals surface area contributed by atoms with Gasteiger partial charge < -0.3 is 10.1 Å². The van der Waals surface area contributed by atoms with Crippen molar-refractivity contribution in [3.63, 3.8) is 0 Å². The van der Waals surface area contributed by atoms with Crippen molar-refractivity contribution in [2.45, 2.75) is 39.3 Å². The Morgan fingerprint density at radius 2 is 2.11 bits per heavy atom. The van der Waals surface area contributed by atoms with E-state index in [1.807, 2.05) is 0 Å². The highest BCUT2D eigenvalue weighted by molar-refractivity contribution is 9.10. The number of rotatable bonds is 4. The SMILES string of the molecule is Cc1cc(CNC(C)C2CCOCC2)ccc1Br. The molecule has 1 unspecified atom stereocenters. The van der Waals surface area contributed by atoms with Gasteiger partial charge >= 0.3 is 0 Å². The number of hydrogen-bond acceptors (Lipinski definition) is 2. The zero-order valence-corrected chi connectivity index (χ0v) is 12.8. The molecule has 2 rings (SSSR count). The second-order valence-electron chi connectivity index (χ2n) is 5.20. The largest absolute Gasteiger partial charge is 0.381 e. The van der Waals surface area contributed by atoms with Crippen LogP contribution in [0.25, 0.3) is 0 Å². The maximum atomic E-state index is 5.41. The highest BCUT2D eigenvalue weighted by Crippen LogP contribution is 2.20. The van der Waals surface area contributed by atoms with Gasteiger partial charge in [0.25, 0.3) is 0 Å². The summed E-state index contributed by atoms with van der Waals surface area (Å²) in [6.07, 6.45) is 2.38. The second kappa shape index (κ2) is 6.69. The van der Waals surface area contributed by atoms with Crippen molar-refractivity contribution in [1.29, 1.82) is 0 Å². The van der Waals surface area contributed by atoms with Gasteiger partial charge in [-0.1, -0.05) is 28.1 Å². The highest BCUT2D eigenvalue weighted by atomic mass is 79.9. The number of hydrogen-bond donors (Lipinski definition) is 1. The van der Waals surface area contributed by atoms with Crippen molar-refractivity contribution in [3.8, 4) is 0 Å². The van der Waals surface area contributed by atoms with Gasteiger partial charge in [-0.3, -0.25) is 0 Å². The van der Waals surface area contributed by atoms with E-state index < -0.39 is 0 Å². The van der Waals surface area contributed by atoms with E-state index in [4.69, 9.17) is 4.74 Å². The fourth-order valence-corrected chi connectivity index (χ4v) is 2.72. The minimum atomic E-state index is 0.567. The maximum absolute atomic E-state index is 5.41. The van der Waals surface area contributed by atoms with E-state index in [2.05, 4.69) is 53.3 Å². The molecule has 1 aliphatic heterocycles. The normalized spacial score (nSPS) is 18.8. The molecule has 0 aromatic heterocycles. The predicted octanol–water partition coefficient (Wildman–Crippen LogP) is 3.66. The Bertz CT molecular complexity index is 388. The molecule has 0 radical (unpaired) electrons. The first kappa shape index (κ1) is 14.0. The summed E-state index contributed by atoms with van der Waals surface area (Å²) in [5.74, 6) is 0.760. The van der Waals surface area contributed by atoms with Crippen molar-refractivity contribution in [2.24, 2.45) is 5.92 Å². The van der Waals surface area contributed by atoms with Gasteiger partial charge in [-0.25, -0.2) is 0 Å². The van der Waals surface area contributed by atoms with Gasteiger partial charge in [-0.15, -0.1) is 0 Å². The molecule has 18 heavy (non-hydrogen) atoms. The second-order valence-corrected chi connectivity index (χ2v) is 6.06. The highest BCUT2D eigenvalue weighted by Gasteiger charge is 2.19. The quantitative estimate of drug-likeness (QED) is 0.916. The average Bonchev–Trinajstić information content (AvgIpc) is 2.41. The molecular weight excluding hydrogens is 290 g/mol. The molecule has 2 nitrogen and oxygen atoms in total. The molecule has 0 aliphatic carbocycles. The molecule has 1 aromatic rings. The summed E-state index contributed by atoms with van der Waals surface area (Å²) in [6, 6.07) is 7.12. The lowest BCUT2D eigenvalue weighted by Crippen LogP contribution is -2.36. The number of halogens is 1. The van der Waals surface area contributed by atoms with Crippen LogP contribution in [0.1, 0.15) is 30.9 Å². The summed E-state index contributed by atoms with van der Waals surface area (Å²) in [7, 11) is 0. The lowest BCUT2D eigenvalue weighted by Gasteiger charge is -2.28. The van der Waals surface area contributed by atoms with Crippen LogP contribution in [-0.2, 0) is 11.3 Å². The number of nitrogens with one attached hydrogen (secondary N) is 1. The number of ether oxygens (including phenoxy) is 1.